The van der Waals surface area contributed by atoms with Gasteiger partial charge >= 0.3 is 6.18 Å². The molecule has 3 heterocycles. The van der Waals surface area contributed by atoms with Crippen molar-refractivity contribution in [1.29, 1.82) is 0 Å². The van der Waals surface area contributed by atoms with Crippen molar-refractivity contribution in [3.8, 4) is 0 Å². The predicted octanol–water partition coefficient (Wildman–Crippen LogP) is 3.81. The number of anilines is 1. The molecule has 0 saturated carbocycles. The summed E-state index contributed by atoms with van der Waals surface area (Å²) in [5, 5.41) is 5.56. The number of pyridine rings is 1. The van der Waals surface area contributed by atoms with Crippen LogP contribution < -0.4 is 4.90 Å². The number of nitrogens with zero attached hydrogens (tertiary/aromatic N) is 5. The lowest BCUT2D eigenvalue weighted by atomic mass is 10.2. The highest BCUT2D eigenvalue weighted by atomic mass is 19.4. The maximum atomic E-state index is 12.4. The third kappa shape index (κ3) is 5.94. The van der Waals surface area contributed by atoms with Gasteiger partial charge in [0.05, 0.1) is 24.1 Å². The lowest BCUT2D eigenvalue weighted by Crippen LogP contribution is -2.36. The molecule has 1 aliphatic rings. The molecule has 0 N–H and O–H groups in total. The van der Waals surface area contributed by atoms with E-state index in [2.05, 4.69) is 20.0 Å². The predicted molar refractivity (Wildman–Crippen MR) is 109 cm³/mol. The third-order valence-electron chi connectivity index (χ3n) is 4.49. The molecule has 1 aliphatic heterocycles. The first kappa shape index (κ1) is 22.1. The Morgan fingerprint density at radius 3 is 2.73 bits per heavy atom. The van der Waals surface area contributed by atoms with Crippen LogP contribution in [0, 0.1) is 5.92 Å². The van der Waals surface area contributed by atoms with Crippen LogP contribution in [0.25, 0.3) is 10.9 Å². The van der Waals surface area contributed by atoms with Crippen molar-refractivity contribution in [3.05, 3.63) is 29.9 Å². The fourth-order valence-corrected chi connectivity index (χ4v) is 3.10. The van der Waals surface area contributed by atoms with Gasteiger partial charge in [0.2, 0.25) is 5.88 Å². The van der Waals surface area contributed by atoms with Gasteiger partial charge in [0.1, 0.15) is 5.82 Å². The van der Waals surface area contributed by atoms with Crippen molar-refractivity contribution in [1.82, 2.24) is 14.8 Å². The molecule has 0 aliphatic carbocycles. The van der Waals surface area contributed by atoms with Crippen molar-refractivity contribution >= 4 is 22.9 Å². The average Bonchev–Trinajstić information content (AvgIpc) is 3.09. The summed E-state index contributed by atoms with van der Waals surface area (Å²) >= 11 is 0. The molecule has 0 radical (unpaired) electrons. The van der Waals surface area contributed by atoms with Crippen LogP contribution in [0.15, 0.2) is 34.9 Å². The number of allylic oxidation sites excluding steroid dienone is 1. The molecule has 1 atom stereocenters. The Hall–Kier alpha value is -2.62. The van der Waals surface area contributed by atoms with Crippen molar-refractivity contribution in [2.75, 3.05) is 37.8 Å². The van der Waals surface area contributed by atoms with Crippen LogP contribution in [0.3, 0.4) is 0 Å². The van der Waals surface area contributed by atoms with Crippen molar-refractivity contribution in [3.63, 3.8) is 0 Å². The first-order valence-corrected chi connectivity index (χ1v) is 9.79. The number of aromatic nitrogens is 3. The Bertz CT molecular complexity index is 913. The summed E-state index contributed by atoms with van der Waals surface area (Å²) in [6, 6.07) is 1.86. The van der Waals surface area contributed by atoms with Gasteiger partial charge in [-0.2, -0.15) is 18.3 Å². The quantitative estimate of drug-likeness (QED) is 0.499. The van der Waals surface area contributed by atoms with E-state index in [4.69, 9.17) is 9.47 Å². The van der Waals surface area contributed by atoms with Gasteiger partial charge in [0, 0.05) is 44.2 Å². The molecule has 0 spiro atoms. The molecule has 2 aromatic heterocycles. The van der Waals surface area contributed by atoms with E-state index in [0.29, 0.717) is 25.3 Å². The van der Waals surface area contributed by atoms with Gasteiger partial charge in [0.15, 0.2) is 6.61 Å². The molecule has 0 unspecified atom stereocenters. The Labute approximate surface area is 173 Å². The van der Waals surface area contributed by atoms with Crippen molar-refractivity contribution in [2.24, 2.45) is 10.9 Å². The number of morpholine rings is 1. The Morgan fingerprint density at radius 1 is 1.33 bits per heavy atom. The van der Waals surface area contributed by atoms with E-state index < -0.39 is 12.8 Å². The van der Waals surface area contributed by atoms with Crippen LogP contribution >= 0.6 is 0 Å². The van der Waals surface area contributed by atoms with Gasteiger partial charge in [0.25, 0.3) is 0 Å². The minimum absolute atomic E-state index is 0.0106. The van der Waals surface area contributed by atoms with Gasteiger partial charge in [-0.05, 0) is 25.5 Å². The second-order valence-corrected chi connectivity index (χ2v) is 7.48. The highest BCUT2D eigenvalue weighted by molar-refractivity contribution is 5.89. The largest absolute Gasteiger partial charge is 0.468 e. The van der Waals surface area contributed by atoms with Crippen LogP contribution in [-0.4, -0.2) is 60.1 Å². The zero-order valence-electron chi connectivity index (χ0n) is 17.3. The van der Waals surface area contributed by atoms with Gasteiger partial charge < -0.3 is 14.4 Å². The first-order chi connectivity index (χ1) is 14.2. The molecule has 1 saturated heterocycles. The van der Waals surface area contributed by atoms with E-state index in [1.54, 1.807) is 26.3 Å². The topological polar surface area (TPSA) is 64.8 Å². The highest BCUT2D eigenvalue weighted by Gasteiger charge is 2.29. The lowest BCUT2D eigenvalue weighted by Gasteiger charge is -2.28. The number of aliphatic imine (C=N–C) groups is 1. The molecule has 10 heteroatoms. The van der Waals surface area contributed by atoms with Crippen molar-refractivity contribution in [2.45, 2.75) is 33.5 Å². The number of fused-ring (bicyclic) bond motifs is 1. The Morgan fingerprint density at radius 2 is 2.07 bits per heavy atom. The zero-order valence-corrected chi connectivity index (χ0v) is 17.3. The minimum atomic E-state index is -4.40. The maximum absolute atomic E-state index is 12.4. The molecule has 30 heavy (non-hydrogen) atoms. The summed E-state index contributed by atoms with van der Waals surface area (Å²) in [6.07, 6.45) is 0.878. The standard InChI is InChI=1S/C20H26F3N5O2/c1-14(2)19(30-13-20(21,22)23)25-10-15(3)11-28-12-16-17(26-28)4-5-24-18(16)27-6-8-29-9-7-27/h4-5,10,12,15H,6-9,11,13H2,1-3H3/b25-10-/t15-/m1/s1. The Kier molecular flexibility index (Phi) is 6.96. The summed E-state index contributed by atoms with van der Waals surface area (Å²) in [5.74, 6) is 0.808. The van der Waals surface area contributed by atoms with Gasteiger partial charge in [-0.3, -0.25) is 4.68 Å². The van der Waals surface area contributed by atoms with E-state index in [1.807, 2.05) is 23.9 Å². The third-order valence-corrected chi connectivity index (χ3v) is 4.49. The SMILES string of the molecule is CC(C)=C(/N=C\[C@@H](C)Cn1cc2c(N3CCOCC3)nccc2n1)OCC(F)(F)F. The van der Waals surface area contributed by atoms with Crippen LogP contribution in [0.2, 0.25) is 0 Å². The number of rotatable bonds is 7. The molecule has 164 valence electrons. The van der Waals surface area contributed by atoms with Gasteiger partial charge in [-0.25, -0.2) is 9.98 Å². The molecule has 0 amide bonds. The Balaban J connectivity index is 1.69. The van der Waals surface area contributed by atoms with Crippen LogP contribution in [0.1, 0.15) is 20.8 Å². The second kappa shape index (κ2) is 9.46. The molecular formula is C20H26F3N5O2. The van der Waals surface area contributed by atoms with E-state index in [9.17, 15) is 13.2 Å². The first-order valence-electron chi connectivity index (χ1n) is 9.79. The minimum Gasteiger partial charge on any atom is -0.468 e. The highest BCUT2D eigenvalue weighted by Crippen LogP contribution is 2.24. The fraction of sp³-hybridized carbons (Fsp3) is 0.550. The van der Waals surface area contributed by atoms with Gasteiger partial charge in [-0.1, -0.05) is 6.92 Å². The molecule has 3 rings (SSSR count). The summed E-state index contributed by atoms with van der Waals surface area (Å²) in [4.78, 5) is 10.8. The molecular weight excluding hydrogens is 399 g/mol. The van der Waals surface area contributed by atoms with E-state index >= 15 is 0 Å². The normalized spacial score (nSPS) is 16.3. The number of halogens is 3. The molecule has 1 fully saturated rings. The summed E-state index contributed by atoms with van der Waals surface area (Å²) in [7, 11) is 0. The molecule has 0 aromatic carbocycles. The molecule has 7 nitrogen and oxygen atoms in total. The monoisotopic (exact) mass is 425 g/mol. The summed E-state index contributed by atoms with van der Waals surface area (Å²) in [5.41, 5.74) is 1.42. The van der Waals surface area contributed by atoms with E-state index in [0.717, 1.165) is 29.8 Å². The van der Waals surface area contributed by atoms with Crippen molar-refractivity contribution < 1.29 is 22.6 Å². The van der Waals surface area contributed by atoms with Crippen LogP contribution in [0.5, 0.6) is 0 Å². The maximum Gasteiger partial charge on any atom is 0.422 e. The van der Waals surface area contributed by atoms with E-state index in [1.165, 1.54) is 0 Å². The number of alkyl halides is 3. The number of ether oxygens (including phenoxy) is 2. The zero-order chi connectivity index (χ0) is 21.7. The van der Waals surface area contributed by atoms with Crippen LogP contribution in [-0.2, 0) is 16.0 Å². The van der Waals surface area contributed by atoms with E-state index in [-0.39, 0.29) is 11.8 Å². The summed E-state index contributed by atoms with van der Waals surface area (Å²) in [6.45, 7) is 7.31. The van der Waals surface area contributed by atoms with Gasteiger partial charge in [-0.15, -0.1) is 0 Å². The smallest absolute Gasteiger partial charge is 0.422 e. The number of hydrogen-bond acceptors (Lipinski definition) is 6. The molecule has 0 bridgehead atoms. The lowest BCUT2D eigenvalue weighted by molar-refractivity contribution is -0.165. The fourth-order valence-electron chi connectivity index (χ4n) is 3.10. The second-order valence-electron chi connectivity index (χ2n) is 7.48. The number of hydrogen-bond donors (Lipinski definition) is 0. The summed E-state index contributed by atoms with van der Waals surface area (Å²) < 4.78 is 49.3. The van der Waals surface area contributed by atoms with Crippen LogP contribution in [0.4, 0.5) is 19.0 Å². The molecule has 2 aromatic rings. The average molecular weight is 425 g/mol.